The minimum Gasteiger partial charge on any atom is -0.243 e. The minimum atomic E-state index is -0.378. The third-order valence-corrected chi connectivity index (χ3v) is 3.15. The van der Waals surface area contributed by atoms with Crippen molar-refractivity contribution in [2.75, 3.05) is 0 Å². The molecule has 0 spiro atoms. The molecule has 0 radical (unpaired) electrons. The van der Waals surface area contributed by atoms with Gasteiger partial charge in [0.1, 0.15) is 0 Å². The second-order valence-corrected chi connectivity index (χ2v) is 4.58. The molecular formula is C10H13BrN6O. The van der Waals surface area contributed by atoms with Gasteiger partial charge in [0, 0.05) is 0 Å². The Hall–Kier alpha value is -1.57. The predicted octanol–water partition coefficient (Wildman–Crippen LogP) is 1.88. The predicted molar refractivity (Wildman–Crippen MR) is 67.2 cm³/mol. The molecule has 0 aliphatic rings. The lowest BCUT2D eigenvalue weighted by molar-refractivity contribution is 0.236. The summed E-state index contributed by atoms with van der Waals surface area (Å²) in [6, 6.07) is -0.378. The van der Waals surface area contributed by atoms with E-state index in [2.05, 4.69) is 43.5 Å². The summed E-state index contributed by atoms with van der Waals surface area (Å²) >= 11 is 3.31. The number of hydrogen-bond donors (Lipinski definition) is 0. The van der Waals surface area contributed by atoms with E-state index < -0.39 is 0 Å². The van der Waals surface area contributed by atoms with E-state index in [1.807, 2.05) is 0 Å². The van der Waals surface area contributed by atoms with Gasteiger partial charge in [0.15, 0.2) is 4.60 Å². The van der Waals surface area contributed by atoms with E-state index in [0.29, 0.717) is 4.60 Å². The van der Waals surface area contributed by atoms with Crippen LogP contribution >= 0.6 is 15.9 Å². The Kier molecular flexibility index (Phi) is 4.19. The highest BCUT2D eigenvalue weighted by Gasteiger charge is 2.18. The van der Waals surface area contributed by atoms with Crippen LogP contribution in [0.5, 0.6) is 0 Å². The summed E-state index contributed by atoms with van der Waals surface area (Å²) in [4.78, 5) is 12.1. The Morgan fingerprint density at radius 3 is 2.89 bits per heavy atom. The van der Waals surface area contributed by atoms with Crippen molar-refractivity contribution in [2.24, 2.45) is 0 Å². The third-order valence-electron chi connectivity index (χ3n) is 2.53. The zero-order valence-electron chi connectivity index (χ0n) is 9.95. The van der Waals surface area contributed by atoms with Crippen molar-refractivity contribution in [3.8, 4) is 0 Å². The molecule has 0 saturated heterocycles. The molecule has 0 aliphatic carbocycles. The van der Waals surface area contributed by atoms with Crippen molar-refractivity contribution in [3.63, 3.8) is 0 Å². The summed E-state index contributed by atoms with van der Waals surface area (Å²) in [6.07, 6.45) is 6.90. The quantitative estimate of drug-likeness (QED) is 0.805. The van der Waals surface area contributed by atoms with E-state index in [1.54, 1.807) is 0 Å². The molecule has 0 saturated carbocycles. The van der Waals surface area contributed by atoms with Gasteiger partial charge in [0.2, 0.25) is 0 Å². The zero-order chi connectivity index (χ0) is 13.0. The lowest BCUT2D eigenvalue weighted by atomic mass is 10.2. The van der Waals surface area contributed by atoms with Gasteiger partial charge in [-0.15, -0.1) is 10.2 Å². The van der Waals surface area contributed by atoms with Crippen molar-refractivity contribution in [2.45, 2.75) is 32.6 Å². The first-order chi connectivity index (χ1) is 8.74. The summed E-state index contributed by atoms with van der Waals surface area (Å²) in [5, 5.41) is 15.0. The van der Waals surface area contributed by atoms with E-state index in [1.165, 1.54) is 17.1 Å². The first-order valence-electron chi connectivity index (χ1n) is 5.75. The fourth-order valence-electron chi connectivity index (χ4n) is 1.60. The van der Waals surface area contributed by atoms with Crippen molar-refractivity contribution >= 4 is 22.0 Å². The van der Waals surface area contributed by atoms with Gasteiger partial charge in [-0.1, -0.05) is 30.2 Å². The van der Waals surface area contributed by atoms with Gasteiger partial charge < -0.3 is 0 Å². The number of carbonyl (C=O) groups is 1. The number of halogens is 1. The van der Waals surface area contributed by atoms with Crippen LogP contribution in [0.25, 0.3) is 0 Å². The van der Waals surface area contributed by atoms with E-state index in [0.717, 1.165) is 36.1 Å². The summed E-state index contributed by atoms with van der Waals surface area (Å²) in [7, 11) is 0. The molecule has 2 aromatic heterocycles. The molecule has 2 aromatic rings. The highest BCUT2D eigenvalue weighted by Crippen LogP contribution is 2.16. The lowest BCUT2D eigenvalue weighted by Gasteiger charge is -2.04. The Balaban J connectivity index is 2.20. The van der Waals surface area contributed by atoms with E-state index in [9.17, 15) is 4.79 Å². The average Bonchev–Trinajstić information content (AvgIpc) is 3.00. The van der Waals surface area contributed by atoms with Gasteiger partial charge in [-0.2, -0.15) is 9.36 Å². The third kappa shape index (κ3) is 2.63. The largest absolute Gasteiger partial charge is 0.372 e. The normalized spacial score (nSPS) is 10.8. The standard InChI is InChI=1S/C10H13BrN6O/c1-2-3-4-5-8-9(11)13-15-17(8)10(18)16-7-6-12-14-16/h6-7H,2-5H2,1H3. The Labute approximate surface area is 112 Å². The van der Waals surface area contributed by atoms with E-state index in [4.69, 9.17) is 0 Å². The molecule has 0 amide bonds. The second-order valence-electron chi connectivity index (χ2n) is 3.83. The molecule has 0 atom stereocenters. The molecular weight excluding hydrogens is 300 g/mol. The van der Waals surface area contributed by atoms with Crippen LogP contribution in [0.2, 0.25) is 0 Å². The summed E-state index contributed by atoms with van der Waals surface area (Å²) in [6.45, 7) is 2.13. The lowest BCUT2D eigenvalue weighted by Crippen LogP contribution is -2.23. The number of aromatic nitrogens is 6. The van der Waals surface area contributed by atoms with Crippen LogP contribution in [-0.2, 0) is 6.42 Å². The Bertz CT molecular complexity index is 520. The van der Waals surface area contributed by atoms with Crippen LogP contribution in [-0.4, -0.2) is 36.0 Å². The molecule has 0 bridgehead atoms. The summed E-state index contributed by atoms with van der Waals surface area (Å²) in [5.74, 6) is 0. The fourth-order valence-corrected chi connectivity index (χ4v) is 2.03. The number of unbranched alkanes of at least 4 members (excludes halogenated alkanes) is 2. The molecule has 0 aliphatic heterocycles. The number of carbonyl (C=O) groups excluding carboxylic acids is 1. The van der Waals surface area contributed by atoms with Crippen LogP contribution in [0.3, 0.4) is 0 Å². The van der Waals surface area contributed by atoms with Crippen LogP contribution in [0.4, 0.5) is 4.79 Å². The number of nitrogens with zero attached hydrogens (tertiary/aromatic N) is 6. The molecule has 0 N–H and O–H groups in total. The Morgan fingerprint density at radius 1 is 1.39 bits per heavy atom. The number of hydrogen-bond acceptors (Lipinski definition) is 5. The first kappa shape index (κ1) is 12.9. The van der Waals surface area contributed by atoms with Crippen molar-refractivity contribution < 1.29 is 4.79 Å². The SMILES string of the molecule is CCCCCc1c(Br)nnn1C(=O)n1ccnn1. The second kappa shape index (κ2) is 5.85. The van der Waals surface area contributed by atoms with Gasteiger partial charge in [-0.3, -0.25) is 0 Å². The topological polar surface area (TPSA) is 78.5 Å². The van der Waals surface area contributed by atoms with E-state index >= 15 is 0 Å². The first-order valence-corrected chi connectivity index (χ1v) is 6.54. The van der Waals surface area contributed by atoms with Gasteiger partial charge in [-0.25, -0.2) is 4.79 Å². The van der Waals surface area contributed by atoms with Crippen molar-refractivity contribution in [3.05, 3.63) is 22.7 Å². The Morgan fingerprint density at radius 2 is 2.22 bits per heavy atom. The fraction of sp³-hybridized carbons (Fsp3) is 0.500. The highest BCUT2D eigenvalue weighted by molar-refractivity contribution is 9.10. The van der Waals surface area contributed by atoms with E-state index in [-0.39, 0.29) is 6.03 Å². The van der Waals surface area contributed by atoms with Crippen LogP contribution in [0.1, 0.15) is 31.9 Å². The maximum Gasteiger partial charge on any atom is 0.372 e. The molecule has 0 fully saturated rings. The molecule has 8 heteroatoms. The summed E-state index contributed by atoms with van der Waals surface area (Å²) < 4.78 is 2.99. The zero-order valence-corrected chi connectivity index (χ0v) is 11.5. The van der Waals surface area contributed by atoms with Gasteiger partial charge in [-0.05, 0) is 28.8 Å². The van der Waals surface area contributed by atoms with Crippen molar-refractivity contribution in [1.82, 2.24) is 30.0 Å². The van der Waals surface area contributed by atoms with Gasteiger partial charge >= 0.3 is 6.03 Å². The molecule has 0 unspecified atom stereocenters. The maximum absolute atomic E-state index is 12.1. The van der Waals surface area contributed by atoms with Gasteiger partial charge in [0.05, 0.1) is 18.1 Å². The maximum atomic E-state index is 12.1. The highest BCUT2D eigenvalue weighted by atomic mass is 79.9. The summed E-state index contributed by atoms with van der Waals surface area (Å²) in [5.41, 5.74) is 0.768. The van der Waals surface area contributed by atoms with Crippen LogP contribution in [0.15, 0.2) is 17.0 Å². The van der Waals surface area contributed by atoms with Crippen molar-refractivity contribution in [1.29, 1.82) is 0 Å². The molecule has 96 valence electrons. The average molecular weight is 313 g/mol. The molecule has 18 heavy (non-hydrogen) atoms. The van der Waals surface area contributed by atoms with Crippen LogP contribution < -0.4 is 0 Å². The molecule has 7 nitrogen and oxygen atoms in total. The van der Waals surface area contributed by atoms with Crippen LogP contribution in [0, 0.1) is 0 Å². The monoisotopic (exact) mass is 312 g/mol. The smallest absolute Gasteiger partial charge is 0.243 e. The molecule has 2 rings (SSSR count). The molecule has 2 heterocycles. The van der Waals surface area contributed by atoms with Gasteiger partial charge in [0.25, 0.3) is 0 Å². The molecule has 0 aromatic carbocycles. The number of rotatable bonds is 4. The minimum absolute atomic E-state index is 0.378.